The van der Waals surface area contributed by atoms with Gasteiger partial charge in [0.05, 0.1) is 12.5 Å². The molecule has 6 rings (SSSR count). The Kier molecular flexibility index (Phi) is 6.01. The maximum Gasteiger partial charge on any atom is 0.150 e. The smallest absolute Gasteiger partial charge is 0.150 e. The highest BCUT2D eigenvalue weighted by Crippen LogP contribution is 2.37. The van der Waals surface area contributed by atoms with Crippen molar-refractivity contribution >= 4 is 22.5 Å². The molecule has 186 valence electrons. The first-order valence-electron chi connectivity index (χ1n) is 12.8. The monoisotopic (exact) mass is 489 g/mol. The van der Waals surface area contributed by atoms with Crippen LogP contribution in [-0.2, 0) is 0 Å². The van der Waals surface area contributed by atoms with Crippen LogP contribution in [0.15, 0.2) is 91.4 Å². The molecule has 0 saturated carbocycles. The largest absolute Gasteiger partial charge is 0.497 e. The maximum absolute atomic E-state index is 5.38. The third-order valence-electron chi connectivity index (χ3n) is 7.29. The number of anilines is 2. The first-order chi connectivity index (χ1) is 18.1. The molecular formula is C31H31N5O. The van der Waals surface area contributed by atoms with E-state index in [2.05, 4.69) is 101 Å². The van der Waals surface area contributed by atoms with Gasteiger partial charge in [-0.2, -0.15) is 0 Å². The van der Waals surface area contributed by atoms with E-state index in [-0.39, 0.29) is 0 Å². The van der Waals surface area contributed by atoms with E-state index < -0.39 is 0 Å². The molecule has 0 bridgehead atoms. The van der Waals surface area contributed by atoms with Gasteiger partial charge in [-0.05, 0) is 55.8 Å². The summed E-state index contributed by atoms with van der Waals surface area (Å²) in [6.45, 7) is 7.16. The van der Waals surface area contributed by atoms with Gasteiger partial charge in [-0.1, -0.05) is 48.0 Å². The van der Waals surface area contributed by atoms with Crippen LogP contribution in [0.5, 0.6) is 5.75 Å². The van der Waals surface area contributed by atoms with Gasteiger partial charge in [0.1, 0.15) is 17.9 Å². The normalized spacial score (nSPS) is 15.8. The van der Waals surface area contributed by atoms with Crippen molar-refractivity contribution in [3.8, 4) is 22.6 Å². The molecule has 0 aliphatic carbocycles. The van der Waals surface area contributed by atoms with Gasteiger partial charge in [0, 0.05) is 48.8 Å². The fourth-order valence-electron chi connectivity index (χ4n) is 5.33. The van der Waals surface area contributed by atoms with Crippen molar-refractivity contribution in [1.29, 1.82) is 0 Å². The summed E-state index contributed by atoms with van der Waals surface area (Å²) >= 11 is 0. The Morgan fingerprint density at radius 2 is 1.57 bits per heavy atom. The van der Waals surface area contributed by atoms with Gasteiger partial charge in [-0.3, -0.25) is 0 Å². The van der Waals surface area contributed by atoms with Crippen molar-refractivity contribution in [1.82, 2.24) is 14.5 Å². The van der Waals surface area contributed by atoms with E-state index in [4.69, 9.17) is 14.7 Å². The van der Waals surface area contributed by atoms with E-state index in [9.17, 15) is 0 Å². The molecule has 1 atom stereocenters. The summed E-state index contributed by atoms with van der Waals surface area (Å²) in [5.41, 5.74) is 6.80. The average Bonchev–Trinajstić information content (AvgIpc) is 3.34. The van der Waals surface area contributed by atoms with E-state index in [1.807, 2.05) is 12.1 Å². The molecule has 6 heteroatoms. The first-order valence-corrected chi connectivity index (χ1v) is 12.8. The molecule has 37 heavy (non-hydrogen) atoms. The van der Waals surface area contributed by atoms with Crippen molar-refractivity contribution in [2.24, 2.45) is 0 Å². The third-order valence-corrected chi connectivity index (χ3v) is 7.29. The van der Waals surface area contributed by atoms with Crippen LogP contribution < -0.4 is 14.5 Å². The summed E-state index contributed by atoms with van der Waals surface area (Å²) < 4.78 is 7.54. The Morgan fingerprint density at radius 1 is 0.838 bits per heavy atom. The predicted molar refractivity (Wildman–Crippen MR) is 151 cm³/mol. The summed E-state index contributed by atoms with van der Waals surface area (Å²) in [4.78, 5) is 14.5. The summed E-state index contributed by atoms with van der Waals surface area (Å²) in [7, 11) is 1.69. The third kappa shape index (κ3) is 4.29. The minimum Gasteiger partial charge on any atom is -0.497 e. The molecule has 5 aromatic rings. The second kappa shape index (κ2) is 9.62. The zero-order chi connectivity index (χ0) is 25.4. The zero-order valence-corrected chi connectivity index (χ0v) is 21.5. The number of fused-ring (bicyclic) bond motifs is 1. The molecule has 0 amide bonds. The van der Waals surface area contributed by atoms with E-state index in [0.717, 1.165) is 59.0 Å². The highest BCUT2D eigenvalue weighted by atomic mass is 16.5. The minimum absolute atomic E-state index is 0.352. The average molecular weight is 490 g/mol. The van der Waals surface area contributed by atoms with Gasteiger partial charge in [0.15, 0.2) is 5.65 Å². The van der Waals surface area contributed by atoms with Gasteiger partial charge in [0.25, 0.3) is 0 Å². The lowest BCUT2D eigenvalue weighted by atomic mass is 10.1. The molecule has 0 N–H and O–H groups in total. The fraction of sp³-hybridized carbons (Fsp3) is 0.226. The molecular weight excluding hydrogens is 458 g/mol. The molecule has 3 aromatic carbocycles. The molecule has 1 fully saturated rings. The van der Waals surface area contributed by atoms with Crippen LogP contribution in [0.4, 0.5) is 11.5 Å². The number of nitrogens with zero attached hydrogens (tertiary/aromatic N) is 5. The van der Waals surface area contributed by atoms with Crippen molar-refractivity contribution in [2.75, 3.05) is 36.5 Å². The number of methoxy groups -OCH3 is 1. The highest BCUT2D eigenvalue weighted by Gasteiger charge is 2.28. The number of ether oxygens (including phenoxy) is 1. The van der Waals surface area contributed by atoms with Crippen LogP contribution in [0.3, 0.4) is 0 Å². The van der Waals surface area contributed by atoms with Crippen LogP contribution in [0.2, 0.25) is 0 Å². The zero-order valence-electron chi connectivity index (χ0n) is 21.5. The lowest BCUT2D eigenvalue weighted by Crippen LogP contribution is -2.52. The van der Waals surface area contributed by atoms with E-state index in [1.165, 1.54) is 11.3 Å². The summed E-state index contributed by atoms with van der Waals surface area (Å²) in [6.07, 6.45) is 3.88. The Morgan fingerprint density at radius 3 is 2.27 bits per heavy atom. The number of hydrogen-bond donors (Lipinski definition) is 0. The summed E-state index contributed by atoms with van der Waals surface area (Å²) in [5.74, 6) is 1.82. The van der Waals surface area contributed by atoms with Crippen LogP contribution in [0, 0.1) is 6.92 Å². The van der Waals surface area contributed by atoms with Gasteiger partial charge < -0.3 is 19.1 Å². The van der Waals surface area contributed by atoms with Crippen molar-refractivity contribution in [3.63, 3.8) is 0 Å². The molecule has 6 nitrogen and oxygen atoms in total. The predicted octanol–water partition coefficient (Wildman–Crippen LogP) is 6.12. The molecule has 1 aliphatic rings. The van der Waals surface area contributed by atoms with E-state index in [1.54, 1.807) is 13.4 Å². The lowest BCUT2D eigenvalue weighted by Gasteiger charge is -2.42. The molecule has 0 spiro atoms. The van der Waals surface area contributed by atoms with Gasteiger partial charge in [0.2, 0.25) is 0 Å². The first kappa shape index (κ1) is 23.1. The quantitative estimate of drug-likeness (QED) is 0.298. The second-order valence-electron chi connectivity index (χ2n) is 9.70. The van der Waals surface area contributed by atoms with Crippen molar-refractivity contribution in [2.45, 2.75) is 19.9 Å². The number of rotatable bonds is 5. The van der Waals surface area contributed by atoms with E-state index >= 15 is 0 Å². The van der Waals surface area contributed by atoms with E-state index in [0.29, 0.717) is 6.04 Å². The Bertz CT molecular complexity index is 1510. The fourth-order valence-corrected chi connectivity index (χ4v) is 5.33. The van der Waals surface area contributed by atoms with Crippen LogP contribution in [0.25, 0.3) is 27.8 Å². The molecule has 0 unspecified atom stereocenters. The SMILES string of the molecule is COc1ccc(-n2cc(-c3ccccc3)c3c(N4CCN(c5ccc(C)cc5)[C@H](C)C4)ncnc32)cc1. The number of aryl methyl sites for hydroxylation is 1. The van der Waals surface area contributed by atoms with Gasteiger partial charge >= 0.3 is 0 Å². The molecule has 3 heterocycles. The standard InChI is InChI=1S/C31H31N5O/c1-22-9-11-25(12-10-22)35-18-17-34(19-23(35)2)30-29-28(24-7-5-4-6-8-24)20-36(31(29)33-21-32-30)26-13-15-27(37-3)16-14-26/h4-16,20-21,23H,17-19H2,1-3H3/t23-/m1/s1. The number of hydrogen-bond acceptors (Lipinski definition) is 5. The minimum atomic E-state index is 0.352. The Balaban J connectivity index is 1.43. The second-order valence-corrected chi connectivity index (χ2v) is 9.70. The lowest BCUT2D eigenvalue weighted by molar-refractivity contribution is 0.415. The summed E-state index contributed by atoms with van der Waals surface area (Å²) in [5, 5.41) is 1.08. The Labute approximate surface area is 217 Å². The van der Waals surface area contributed by atoms with Crippen LogP contribution in [0.1, 0.15) is 12.5 Å². The number of benzene rings is 3. The maximum atomic E-state index is 5.38. The molecule has 2 aromatic heterocycles. The van der Waals surface area contributed by atoms with Crippen molar-refractivity contribution < 1.29 is 4.74 Å². The van der Waals surface area contributed by atoms with Crippen LogP contribution in [-0.4, -0.2) is 47.3 Å². The van der Waals surface area contributed by atoms with Gasteiger partial charge in [-0.15, -0.1) is 0 Å². The number of piperazine rings is 1. The molecule has 1 aliphatic heterocycles. The van der Waals surface area contributed by atoms with Crippen molar-refractivity contribution in [3.05, 3.63) is 97.0 Å². The van der Waals surface area contributed by atoms with Crippen LogP contribution >= 0.6 is 0 Å². The highest BCUT2D eigenvalue weighted by molar-refractivity contribution is 6.02. The number of aromatic nitrogens is 3. The summed E-state index contributed by atoms with van der Waals surface area (Å²) in [6, 6.07) is 27.8. The van der Waals surface area contributed by atoms with Gasteiger partial charge in [-0.25, -0.2) is 9.97 Å². The Hall–Kier alpha value is -4.32. The topological polar surface area (TPSA) is 46.4 Å². The molecule has 1 saturated heterocycles. The molecule has 0 radical (unpaired) electrons.